The number of amides is 2. The van der Waals surface area contributed by atoms with Crippen molar-refractivity contribution in [2.45, 2.75) is 19.8 Å². The van der Waals surface area contributed by atoms with Crippen LogP contribution in [-0.2, 0) is 0 Å². The van der Waals surface area contributed by atoms with E-state index in [1.54, 1.807) is 0 Å². The summed E-state index contributed by atoms with van der Waals surface area (Å²) < 4.78 is 0. The van der Waals surface area contributed by atoms with Crippen molar-refractivity contribution in [2.75, 3.05) is 44.5 Å². The van der Waals surface area contributed by atoms with E-state index >= 15 is 0 Å². The highest BCUT2D eigenvalue weighted by atomic mass is 16.2. The number of benzene rings is 5. The number of anilines is 2. The van der Waals surface area contributed by atoms with E-state index in [4.69, 9.17) is 0 Å². The fourth-order valence-corrected chi connectivity index (χ4v) is 6.57. The predicted octanol–water partition coefficient (Wildman–Crippen LogP) is 7.84. The Bertz CT molecular complexity index is 1900. The van der Waals surface area contributed by atoms with Crippen molar-refractivity contribution >= 4 is 44.7 Å². The van der Waals surface area contributed by atoms with E-state index in [0.29, 0.717) is 17.7 Å². The molecule has 1 aliphatic carbocycles. The fourth-order valence-electron chi connectivity index (χ4n) is 6.57. The zero-order valence-electron chi connectivity index (χ0n) is 24.2. The summed E-state index contributed by atoms with van der Waals surface area (Å²) in [5, 5.41) is 4.16. The first-order valence-corrected chi connectivity index (χ1v) is 14.3. The van der Waals surface area contributed by atoms with E-state index in [-0.39, 0.29) is 11.8 Å². The van der Waals surface area contributed by atoms with Gasteiger partial charge in [-0.3, -0.25) is 14.5 Å². The maximum atomic E-state index is 13.6. The van der Waals surface area contributed by atoms with Gasteiger partial charge >= 0.3 is 0 Å². The Morgan fingerprint density at radius 3 is 1.83 bits per heavy atom. The maximum absolute atomic E-state index is 13.6. The van der Waals surface area contributed by atoms with Gasteiger partial charge in [0.25, 0.3) is 11.8 Å². The first kappa shape index (κ1) is 25.3. The monoisotopic (exact) mass is 539 g/mol. The average molecular weight is 540 g/mol. The molecule has 5 heteroatoms. The molecule has 0 saturated heterocycles. The van der Waals surface area contributed by atoms with Gasteiger partial charge in [-0.15, -0.1) is 0 Å². The lowest BCUT2D eigenvalue weighted by atomic mass is 9.87. The van der Waals surface area contributed by atoms with Gasteiger partial charge in [-0.2, -0.15) is 0 Å². The van der Waals surface area contributed by atoms with Crippen molar-refractivity contribution in [3.8, 4) is 33.4 Å². The summed E-state index contributed by atoms with van der Waals surface area (Å²) in [5.74, 6) is -0.369. The third-order valence-corrected chi connectivity index (χ3v) is 8.72. The molecule has 0 spiro atoms. The molecule has 41 heavy (non-hydrogen) atoms. The molecule has 5 aromatic carbocycles. The molecule has 1 heterocycles. The van der Waals surface area contributed by atoms with Crippen LogP contribution < -0.4 is 9.80 Å². The van der Waals surface area contributed by atoms with Crippen LogP contribution in [-0.4, -0.2) is 51.4 Å². The predicted molar refractivity (Wildman–Crippen MR) is 170 cm³/mol. The molecule has 0 N–H and O–H groups in total. The van der Waals surface area contributed by atoms with E-state index in [2.05, 4.69) is 106 Å². The standard InChI is InChI=1S/C36H33N3O2/c1-6-7-18-39-35(40)27-16-14-25-30-19-22-10-13-24(38(4)5)20-29(22)31(21-8-11-23(12-9-21)37(2)3)33(30)26-15-17-28(36(39)41)34(27)32(25)26/h8-17,19-20H,6-7,18H2,1-5H3. The Labute approximate surface area is 240 Å². The van der Waals surface area contributed by atoms with Crippen molar-refractivity contribution in [2.24, 2.45) is 0 Å². The van der Waals surface area contributed by atoms with Crippen molar-refractivity contribution in [1.29, 1.82) is 0 Å². The molecule has 204 valence electrons. The van der Waals surface area contributed by atoms with Crippen LogP contribution in [0.5, 0.6) is 0 Å². The minimum Gasteiger partial charge on any atom is -0.378 e. The Hall–Kier alpha value is -4.64. The molecular weight excluding hydrogens is 506 g/mol. The van der Waals surface area contributed by atoms with Gasteiger partial charge in [0.1, 0.15) is 0 Å². The molecule has 5 nitrogen and oxygen atoms in total. The van der Waals surface area contributed by atoms with E-state index < -0.39 is 0 Å². The van der Waals surface area contributed by atoms with Gasteiger partial charge in [0.15, 0.2) is 0 Å². The zero-order chi connectivity index (χ0) is 28.6. The van der Waals surface area contributed by atoms with Crippen LogP contribution in [0, 0.1) is 0 Å². The fraction of sp³-hybridized carbons (Fsp3) is 0.222. The first-order chi connectivity index (χ1) is 19.8. The SMILES string of the molecule is CCCCN1C(=O)c2ccc3c4c(ccc(c24)C1=O)-c1c-3cc2ccc(N(C)C)cc2c1-c1ccc(N(C)C)cc1. The summed E-state index contributed by atoms with van der Waals surface area (Å²) in [5.41, 5.74) is 10.3. The smallest absolute Gasteiger partial charge is 0.261 e. The highest BCUT2D eigenvalue weighted by molar-refractivity contribution is 6.32. The Balaban J connectivity index is 1.54. The molecular formula is C36H33N3O2. The van der Waals surface area contributed by atoms with Gasteiger partial charge in [0.2, 0.25) is 0 Å². The molecule has 0 saturated carbocycles. The normalized spacial score (nSPS) is 13.3. The number of unbranched alkanes of at least 4 members (excludes halogenated alkanes) is 1. The van der Waals surface area contributed by atoms with E-state index in [1.165, 1.54) is 15.8 Å². The van der Waals surface area contributed by atoms with Gasteiger partial charge in [-0.1, -0.05) is 43.7 Å². The third-order valence-electron chi connectivity index (χ3n) is 8.72. The molecule has 7 rings (SSSR count). The maximum Gasteiger partial charge on any atom is 0.261 e. The van der Waals surface area contributed by atoms with Crippen LogP contribution in [0.2, 0.25) is 0 Å². The second-order valence-electron chi connectivity index (χ2n) is 11.6. The molecule has 0 radical (unpaired) electrons. The molecule has 5 aromatic rings. The summed E-state index contributed by atoms with van der Waals surface area (Å²) in [7, 11) is 8.24. The average Bonchev–Trinajstić information content (AvgIpc) is 3.29. The van der Waals surface area contributed by atoms with Gasteiger partial charge in [-0.05, 0) is 98.4 Å². The zero-order valence-corrected chi connectivity index (χ0v) is 24.2. The van der Waals surface area contributed by atoms with E-state index in [9.17, 15) is 9.59 Å². The number of hydrogen-bond acceptors (Lipinski definition) is 4. The summed E-state index contributed by atoms with van der Waals surface area (Å²) in [6.07, 6.45) is 1.73. The van der Waals surface area contributed by atoms with Gasteiger partial charge in [0.05, 0.1) is 0 Å². The number of hydrogen-bond donors (Lipinski definition) is 0. The second kappa shape index (κ2) is 9.20. The van der Waals surface area contributed by atoms with Crippen molar-refractivity contribution in [3.63, 3.8) is 0 Å². The minimum atomic E-state index is -0.184. The molecule has 0 unspecified atom stereocenters. The molecule has 0 fully saturated rings. The highest BCUT2D eigenvalue weighted by Crippen LogP contribution is 2.55. The van der Waals surface area contributed by atoms with Crippen LogP contribution in [0.25, 0.3) is 54.9 Å². The molecule has 0 bridgehead atoms. The number of rotatable bonds is 6. The first-order valence-electron chi connectivity index (χ1n) is 14.3. The largest absolute Gasteiger partial charge is 0.378 e. The van der Waals surface area contributed by atoms with Gasteiger partial charge in [0, 0.05) is 62.6 Å². The summed E-state index contributed by atoms with van der Waals surface area (Å²) in [6, 6.07) is 25.7. The van der Waals surface area contributed by atoms with E-state index in [1.807, 2.05) is 12.1 Å². The lowest BCUT2D eigenvalue weighted by Gasteiger charge is -2.27. The summed E-state index contributed by atoms with van der Waals surface area (Å²) in [6.45, 7) is 2.52. The molecule has 0 aromatic heterocycles. The van der Waals surface area contributed by atoms with Crippen LogP contribution in [0.1, 0.15) is 40.5 Å². The van der Waals surface area contributed by atoms with Gasteiger partial charge in [-0.25, -0.2) is 0 Å². The number of fused-ring (bicyclic) bond motifs is 4. The van der Waals surface area contributed by atoms with Crippen LogP contribution in [0.3, 0.4) is 0 Å². The quantitative estimate of drug-likeness (QED) is 0.202. The van der Waals surface area contributed by atoms with Crippen molar-refractivity contribution in [3.05, 3.63) is 83.9 Å². The van der Waals surface area contributed by atoms with Crippen molar-refractivity contribution < 1.29 is 9.59 Å². The summed E-state index contributed by atoms with van der Waals surface area (Å²) >= 11 is 0. The molecule has 2 amide bonds. The minimum absolute atomic E-state index is 0.184. The van der Waals surface area contributed by atoms with Crippen LogP contribution >= 0.6 is 0 Å². The number of nitrogens with zero attached hydrogens (tertiary/aromatic N) is 3. The molecule has 2 aliphatic rings. The Morgan fingerprint density at radius 1 is 0.610 bits per heavy atom. The second-order valence-corrected chi connectivity index (χ2v) is 11.6. The molecule has 1 aliphatic heterocycles. The summed E-state index contributed by atoms with van der Waals surface area (Å²) in [4.78, 5) is 32.9. The number of imide groups is 1. The lowest BCUT2D eigenvalue weighted by molar-refractivity contribution is 0.0608. The topological polar surface area (TPSA) is 43.9 Å². The molecule has 0 atom stereocenters. The van der Waals surface area contributed by atoms with Gasteiger partial charge < -0.3 is 9.80 Å². The third kappa shape index (κ3) is 3.61. The van der Waals surface area contributed by atoms with Crippen LogP contribution in [0.15, 0.2) is 72.8 Å². The van der Waals surface area contributed by atoms with E-state index in [0.717, 1.165) is 68.2 Å². The Kier molecular flexibility index (Phi) is 5.69. The number of carbonyl (C=O) groups is 2. The van der Waals surface area contributed by atoms with Crippen molar-refractivity contribution in [1.82, 2.24) is 4.90 Å². The Morgan fingerprint density at radius 2 is 1.20 bits per heavy atom. The van der Waals surface area contributed by atoms with Crippen LogP contribution in [0.4, 0.5) is 11.4 Å². The number of carbonyl (C=O) groups excluding carboxylic acids is 2. The lowest BCUT2D eigenvalue weighted by Crippen LogP contribution is -2.40. The highest BCUT2D eigenvalue weighted by Gasteiger charge is 2.36.